The van der Waals surface area contributed by atoms with Crippen LogP contribution >= 0.6 is 27.5 Å². The van der Waals surface area contributed by atoms with Crippen molar-refractivity contribution in [1.29, 1.82) is 0 Å². The van der Waals surface area contributed by atoms with Gasteiger partial charge in [0.25, 0.3) is 0 Å². The Morgan fingerprint density at radius 1 is 1.44 bits per heavy atom. The monoisotopic (exact) mass is 301 g/mol. The molecule has 16 heavy (non-hydrogen) atoms. The Morgan fingerprint density at radius 3 is 2.88 bits per heavy atom. The molecule has 0 aliphatic carbocycles. The first kappa shape index (κ1) is 11.4. The van der Waals surface area contributed by atoms with E-state index >= 15 is 0 Å². The van der Waals surface area contributed by atoms with E-state index in [-0.39, 0.29) is 5.88 Å². The van der Waals surface area contributed by atoms with Crippen molar-refractivity contribution >= 4 is 39.2 Å². The van der Waals surface area contributed by atoms with Gasteiger partial charge in [-0.2, -0.15) is 0 Å². The van der Waals surface area contributed by atoms with E-state index in [1.807, 2.05) is 25.1 Å². The third-order valence-corrected chi connectivity index (χ3v) is 2.73. The number of nitrogens with zero attached hydrogens (tertiary/aromatic N) is 2. The van der Waals surface area contributed by atoms with E-state index < -0.39 is 0 Å². The molecule has 0 spiro atoms. The zero-order chi connectivity index (χ0) is 11.5. The highest BCUT2D eigenvalue weighted by molar-refractivity contribution is 9.10. The quantitative estimate of drug-likeness (QED) is 0.880. The van der Waals surface area contributed by atoms with Crippen molar-refractivity contribution in [1.82, 2.24) is 10.2 Å². The first-order valence-corrected chi connectivity index (χ1v) is 5.93. The molecule has 0 atom stereocenters. The normalized spacial score (nSPS) is 10.4. The van der Waals surface area contributed by atoms with E-state index in [4.69, 9.17) is 16.0 Å². The number of nitrogens with one attached hydrogen (secondary N) is 1. The molecular weight excluding hydrogens is 293 g/mol. The minimum Gasteiger partial charge on any atom is -0.407 e. The van der Waals surface area contributed by atoms with Crippen LogP contribution in [-0.2, 0) is 5.88 Å². The molecule has 6 heteroatoms. The van der Waals surface area contributed by atoms with Gasteiger partial charge in [0.1, 0.15) is 5.88 Å². The van der Waals surface area contributed by atoms with Crippen LogP contribution in [0.4, 0.5) is 11.7 Å². The van der Waals surface area contributed by atoms with Gasteiger partial charge in [-0.15, -0.1) is 16.7 Å². The van der Waals surface area contributed by atoms with E-state index in [1.165, 1.54) is 0 Å². The zero-order valence-corrected chi connectivity index (χ0v) is 10.8. The maximum absolute atomic E-state index is 5.57. The Labute approximate surface area is 106 Å². The fourth-order valence-corrected chi connectivity index (χ4v) is 1.82. The summed E-state index contributed by atoms with van der Waals surface area (Å²) in [5, 5.41) is 10.6. The smallest absolute Gasteiger partial charge is 0.320 e. The van der Waals surface area contributed by atoms with Gasteiger partial charge < -0.3 is 9.73 Å². The van der Waals surface area contributed by atoms with Crippen LogP contribution in [0.1, 0.15) is 11.5 Å². The Bertz CT molecular complexity index is 501. The van der Waals surface area contributed by atoms with Crippen LogP contribution in [0, 0.1) is 6.92 Å². The van der Waals surface area contributed by atoms with Crippen LogP contribution in [0.5, 0.6) is 0 Å². The van der Waals surface area contributed by atoms with Gasteiger partial charge in [0.15, 0.2) is 0 Å². The van der Waals surface area contributed by atoms with Crippen molar-refractivity contribution in [3.05, 3.63) is 34.1 Å². The van der Waals surface area contributed by atoms with Crippen molar-refractivity contribution in [2.75, 3.05) is 5.32 Å². The molecule has 0 radical (unpaired) electrons. The third kappa shape index (κ3) is 2.54. The highest BCUT2D eigenvalue weighted by Gasteiger charge is 2.06. The van der Waals surface area contributed by atoms with Crippen molar-refractivity contribution in [2.24, 2.45) is 0 Å². The number of aryl methyl sites for hydroxylation is 1. The second-order valence-corrected chi connectivity index (χ2v) is 4.40. The Hall–Kier alpha value is -1.07. The topological polar surface area (TPSA) is 51.0 Å². The number of benzene rings is 1. The van der Waals surface area contributed by atoms with E-state index in [0.29, 0.717) is 11.9 Å². The average Bonchev–Trinajstić information content (AvgIpc) is 2.70. The number of rotatable bonds is 3. The molecule has 0 unspecified atom stereocenters. The van der Waals surface area contributed by atoms with Gasteiger partial charge in [0.2, 0.25) is 5.89 Å². The summed E-state index contributed by atoms with van der Waals surface area (Å²) in [4.78, 5) is 0. The second kappa shape index (κ2) is 4.84. The summed E-state index contributed by atoms with van der Waals surface area (Å²) < 4.78 is 6.28. The summed E-state index contributed by atoms with van der Waals surface area (Å²) in [6, 6.07) is 6.22. The van der Waals surface area contributed by atoms with Crippen LogP contribution in [0.25, 0.3) is 0 Å². The van der Waals surface area contributed by atoms with Crippen LogP contribution in [0.3, 0.4) is 0 Å². The van der Waals surface area contributed by atoms with E-state index in [1.54, 1.807) is 0 Å². The minimum absolute atomic E-state index is 0.216. The number of aromatic nitrogens is 2. The predicted molar refractivity (Wildman–Crippen MR) is 66.0 cm³/mol. The molecule has 2 aromatic rings. The standard InChI is InChI=1S/C10H9BrClN3O/c1-6-4-7(11)2-3-8(6)13-10-15-14-9(5-12)16-10/h2-4H,5H2,1H3,(H,13,15). The lowest BCUT2D eigenvalue weighted by molar-refractivity contribution is 0.530. The number of hydrogen-bond acceptors (Lipinski definition) is 4. The second-order valence-electron chi connectivity index (χ2n) is 3.22. The molecule has 1 aromatic heterocycles. The third-order valence-electron chi connectivity index (χ3n) is 2.01. The summed E-state index contributed by atoms with van der Waals surface area (Å²) in [5.74, 6) is 0.618. The molecule has 1 aromatic carbocycles. The summed E-state index contributed by atoms with van der Waals surface area (Å²) >= 11 is 8.97. The van der Waals surface area contributed by atoms with Gasteiger partial charge in [-0.1, -0.05) is 21.0 Å². The summed E-state index contributed by atoms with van der Waals surface area (Å²) in [7, 11) is 0. The lowest BCUT2D eigenvalue weighted by Crippen LogP contribution is -1.93. The van der Waals surface area contributed by atoms with Crippen LogP contribution in [-0.4, -0.2) is 10.2 Å². The molecule has 0 saturated heterocycles. The number of anilines is 2. The van der Waals surface area contributed by atoms with E-state index in [0.717, 1.165) is 15.7 Å². The highest BCUT2D eigenvalue weighted by atomic mass is 79.9. The lowest BCUT2D eigenvalue weighted by Gasteiger charge is -2.05. The first-order valence-electron chi connectivity index (χ1n) is 4.60. The van der Waals surface area contributed by atoms with Gasteiger partial charge in [-0.25, -0.2) is 0 Å². The largest absolute Gasteiger partial charge is 0.407 e. The van der Waals surface area contributed by atoms with E-state index in [9.17, 15) is 0 Å². The fourth-order valence-electron chi connectivity index (χ4n) is 1.24. The maximum Gasteiger partial charge on any atom is 0.320 e. The van der Waals surface area contributed by atoms with E-state index in [2.05, 4.69) is 31.4 Å². The van der Waals surface area contributed by atoms with Gasteiger partial charge in [0.05, 0.1) is 0 Å². The lowest BCUT2D eigenvalue weighted by atomic mass is 10.2. The van der Waals surface area contributed by atoms with Crippen molar-refractivity contribution in [2.45, 2.75) is 12.8 Å². The number of hydrogen-bond donors (Lipinski definition) is 1. The number of alkyl halides is 1. The molecule has 84 valence electrons. The molecule has 0 fully saturated rings. The molecule has 0 saturated carbocycles. The van der Waals surface area contributed by atoms with Crippen molar-refractivity contribution in [3.63, 3.8) is 0 Å². The average molecular weight is 303 g/mol. The highest BCUT2D eigenvalue weighted by Crippen LogP contribution is 2.23. The van der Waals surface area contributed by atoms with Gasteiger partial charge in [-0.05, 0) is 30.7 Å². The molecule has 2 rings (SSSR count). The van der Waals surface area contributed by atoms with Crippen LogP contribution in [0.15, 0.2) is 27.1 Å². The molecule has 1 N–H and O–H groups in total. The van der Waals surface area contributed by atoms with Crippen molar-refractivity contribution < 1.29 is 4.42 Å². The molecule has 0 bridgehead atoms. The maximum atomic E-state index is 5.57. The summed E-state index contributed by atoms with van der Waals surface area (Å²) in [5.41, 5.74) is 2.01. The zero-order valence-electron chi connectivity index (χ0n) is 8.50. The Kier molecular flexibility index (Phi) is 3.46. The molecule has 1 heterocycles. The van der Waals surface area contributed by atoms with Crippen LogP contribution in [0.2, 0.25) is 0 Å². The fraction of sp³-hybridized carbons (Fsp3) is 0.200. The van der Waals surface area contributed by atoms with Crippen molar-refractivity contribution in [3.8, 4) is 0 Å². The van der Waals surface area contributed by atoms with Gasteiger partial charge in [0, 0.05) is 10.2 Å². The molecule has 0 aliphatic rings. The molecule has 4 nitrogen and oxygen atoms in total. The minimum atomic E-state index is 0.216. The Balaban J connectivity index is 2.20. The summed E-state index contributed by atoms with van der Waals surface area (Å²) in [6.45, 7) is 1.99. The predicted octanol–water partition coefficient (Wildman–Crippen LogP) is 3.62. The first-order chi connectivity index (χ1) is 7.69. The van der Waals surface area contributed by atoms with Gasteiger partial charge >= 0.3 is 6.01 Å². The van der Waals surface area contributed by atoms with Gasteiger partial charge in [-0.3, -0.25) is 0 Å². The molecule has 0 aliphatic heterocycles. The molecule has 0 amide bonds. The molecular formula is C10H9BrClN3O. The van der Waals surface area contributed by atoms with Crippen LogP contribution < -0.4 is 5.32 Å². The Morgan fingerprint density at radius 2 is 2.25 bits per heavy atom. The SMILES string of the molecule is Cc1cc(Br)ccc1Nc1nnc(CCl)o1. The number of halogens is 2. The summed E-state index contributed by atoms with van der Waals surface area (Å²) in [6.07, 6.45) is 0.